The molecule has 7 heteroatoms. The highest BCUT2D eigenvalue weighted by atomic mass is 32.1. The van der Waals surface area contributed by atoms with Gasteiger partial charge in [-0.15, -0.1) is 0 Å². The number of halogens is 3. The molecule has 0 unspecified atom stereocenters. The van der Waals surface area contributed by atoms with E-state index in [2.05, 4.69) is 10.2 Å². The van der Waals surface area contributed by atoms with Crippen LogP contribution in [0.1, 0.15) is 35.8 Å². The fourth-order valence-electron chi connectivity index (χ4n) is 2.17. The van der Waals surface area contributed by atoms with E-state index >= 15 is 0 Å². The van der Waals surface area contributed by atoms with Gasteiger partial charge in [-0.3, -0.25) is 5.10 Å². The lowest BCUT2D eigenvalue weighted by Crippen LogP contribution is -2.06. The van der Waals surface area contributed by atoms with Gasteiger partial charge in [0.25, 0.3) is 0 Å². The summed E-state index contributed by atoms with van der Waals surface area (Å²) < 4.78 is 40.0. The fourth-order valence-corrected chi connectivity index (χ4v) is 2.47. The Balaban J connectivity index is 1.83. The zero-order valence-corrected chi connectivity index (χ0v) is 11.3. The second kappa shape index (κ2) is 4.73. The van der Waals surface area contributed by atoms with Crippen molar-refractivity contribution in [2.45, 2.75) is 31.5 Å². The van der Waals surface area contributed by atoms with Gasteiger partial charge in [0, 0.05) is 12.5 Å². The van der Waals surface area contributed by atoms with Gasteiger partial charge in [-0.05, 0) is 42.8 Å². The highest BCUT2D eigenvalue weighted by Gasteiger charge is 2.30. The molecule has 1 saturated carbocycles. The van der Waals surface area contributed by atoms with Crippen LogP contribution in [0.15, 0.2) is 24.3 Å². The van der Waals surface area contributed by atoms with Gasteiger partial charge in [0.1, 0.15) is 5.82 Å². The molecule has 1 fully saturated rings. The van der Waals surface area contributed by atoms with Crippen LogP contribution in [0.2, 0.25) is 0 Å². The van der Waals surface area contributed by atoms with Crippen molar-refractivity contribution in [2.24, 2.45) is 0 Å². The molecule has 1 aliphatic carbocycles. The fraction of sp³-hybridized carbons (Fsp3) is 0.385. The maximum Gasteiger partial charge on any atom is 0.416 e. The normalized spacial score (nSPS) is 15.6. The molecule has 1 aromatic heterocycles. The second-order valence-corrected chi connectivity index (χ2v) is 5.30. The Morgan fingerprint density at radius 3 is 2.45 bits per heavy atom. The standard InChI is InChI=1S/C13H12F3N3S/c14-13(15,16)9-3-1-8(2-4-9)7-11-17-18-12(20)19(11)10-5-6-10/h1-4,10H,5-7H2,(H,18,20). The number of nitrogens with zero attached hydrogens (tertiary/aromatic N) is 2. The molecular formula is C13H12F3N3S. The maximum atomic E-state index is 12.5. The van der Waals surface area contributed by atoms with Crippen molar-refractivity contribution in [3.8, 4) is 0 Å². The summed E-state index contributed by atoms with van der Waals surface area (Å²) in [5, 5.41) is 6.92. The number of nitrogens with one attached hydrogen (secondary N) is 1. The van der Waals surface area contributed by atoms with Crippen molar-refractivity contribution < 1.29 is 13.2 Å². The molecule has 1 aliphatic rings. The zero-order valence-electron chi connectivity index (χ0n) is 10.4. The van der Waals surface area contributed by atoms with Gasteiger partial charge >= 0.3 is 6.18 Å². The van der Waals surface area contributed by atoms with Crippen molar-refractivity contribution in [1.29, 1.82) is 0 Å². The SMILES string of the molecule is FC(F)(F)c1ccc(Cc2n[nH]c(=S)n2C2CC2)cc1. The molecular weight excluding hydrogens is 287 g/mol. The lowest BCUT2D eigenvalue weighted by molar-refractivity contribution is -0.137. The van der Waals surface area contributed by atoms with Crippen LogP contribution in [0.4, 0.5) is 13.2 Å². The molecule has 0 spiro atoms. The molecule has 0 atom stereocenters. The van der Waals surface area contributed by atoms with E-state index in [-0.39, 0.29) is 0 Å². The first-order valence-electron chi connectivity index (χ1n) is 6.27. The first kappa shape index (κ1) is 13.4. The van der Waals surface area contributed by atoms with Crippen LogP contribution in [-0.4, -0.2) is 14.8 Å². The van der Waals surface area contributed by atoms with Gasteiger partial charge in [0.2, 0.25) is 0 Å². The molecule has 2 aromatic rings. The minimum Gasteiger partial charge on any atom is -0.301 e. The largest absolute Gasteiger partial charge is 0.416 e. The van der Waals surface area contributed by atoms with Crippen LogP contribution in [0.3, 0.4) is 0 Å². The van der Waals surface area contributed by atoms with E-state index in [0.29, 0.717) is 17.2 Å². The third kappa shape index (κ3) is 2.63. The molecule has 0 aliphatic heterocycles. The third-order valence-electron chi connectivity index (χ3n) is 3.33. The van der Waals surface area contributed by atoms with Crippen molar-refractivity contribution >= 4 is 12.2 Å². The van der Waals surface area contributed by atoms with E-state index < -0.39 is 11.7 Å². The number of hydrogen-bond donors (Lipinski definition) is 1. The quantitative estimate of drug-likeness (QED) is 0.872. The van der Waals surface area contributed by atoms with Crippen molar-refractivity contribution in [2.75, 3.05) is 0 Å². The Labute approximate surface area is 118 Å². The molecule has 106 valence electrons. The van der Waals surface area contributed by atoms with Gasteiger partial charge in [-0.1, -0.05) is 12.1 Å². The van der Waals surface area contributed by atoms with Crippen LogP contribution in [0.5, 0.6) is 0 Å². The lowest BCUT2D eigenvalue weighted by atomic mass is 10.1. The molecule has 3 rings (SSSR count). The van der Waals surface area contributed by atoms with E-state index in [4.69, 9.17) is 12.2 Å². The maximum absolute atomic E-state index is 12.5. The molecule has 20 heavy (non-hydrogen) atoms. The first-order valence-corrected chi connectivity index (χ1v) is 6.68. The van der Waals surface area contributed by atoms with Crippen LogP contribution in [0, 0.1) is 4.77 Å². The van der Waals surface area contributed by atoms with Gasteiger partial charge in [0.15, 0.2) is 4.77 Å². The summed E-state index contributed by atoms with van der Waals surface area (Å²) in [6, 6.07) is 5.55. The number of aromatic amines is 1. The molecule has 1 N–H and O–H groups in total. The molecule has 0 bridgehead atoms. The van der Waals surface area contributed by atoms with Gasteiger partial charge in [-0.25, -0.2) is 0 Å². The van der Waals surface area contributed by atoms with E-state index in [1.54, 1.807) is 0 Å². The molecule has 0 amide bonds. The zero-order chi connectivity index (χ0) is 14.3. The summed E-state index contributed by atoms with van der Waals surface area (Å²) in [4.78, 5) is 0. The molecule has 3 nitrogen and oxygen atoms in total. The van der Waals surface area contributed by atoms with Crippen LogP contribution in [-0.2, 0) is 12.6 Å². The van der Waals surface area contributed by atoms with Gasteiger partial charge in [-0.2, -0.15) is 18.3 Å². The van der Waals surface area contributed by atoms with Gasteiger partial charge < -0.3 is 4.57 Å². The first-order chi connectivity index (χ1) is 9.45. The summed E-state index contributed by atoms with van der Waals surface area (Å²) >= 11 is 5.17. The number of benzene rings is 1. The molecule has 0 saturated heterocycles. The van der Waals surface area contributed by atoms with E-state index in [9.17, 15) is 13.2 Å². The predicted molar refractivity (Wildman–Crippen MR) is 69.9 cm³/mol. The second-order valence-electron chi connectivity index (χ2n) is 4.92. The Bertz CT molecular complexity index is 665. The van der Waals surface area contributed by atoms with Crippen molar-refractivity contribution in [3.05, 3.63) is 46.0 Å². The minimum absolute atomic E-state index is 0.394. The molecule has 1 heterocycles. The summed E-state index contributed by atoms with van der Waals surface area (Å²) in [5.41, 5.74) is 0.149. The third-order valence-corrected chi connectivity index (χ3v) is 3.62. The monoisotopic (exact) mass is 299 g/mol. The van der Waals surface area contributed by atoms with Crippen molar-refractivity contribution in [3.63, 3.8) is 0 Å². The minimum atomic E-state index is -4.30. The summed E-state index contributed by atoms with van der Waals surface area (Å²) in [6.45, 7) is 0. The van der Waals surface area contributed by atoms with Crippen LogP contribution >= 0.6 is 12.2 Å². The summed E-state index contributed by atoms with van der Waals surface area (Å²) in [5.74, 6) is 0.775. The van der Waals surface area contributed by atoms with Crippen molar-refractivity contribution in [1.82, 2.24) is 14.8 Å². The van der Waals surface area contributed by atoms with E-state index in [1.807, 2.05) is 4.57 Å². The predicted octanol–water partition coefficient (Wildman–Crippen LogP) is 3.89. The Hall–Kier alpha value is -1.63. The van der Waals surface area contributed by atoms with Gasteiger partial charge in [0.05, 0.1) is 5.56 Å². The molecule has 0 radical (unpaired) electrons. The number of aromatic nitrogens is 3. The lowest BCUT2D eigenvalue weighted by Gasteiger charge is -2.08. The highest BCUT2D eigenvalue weighted by molar-refractivity contribution is 7.71. The Kier molecular flexibility index (Phi) is 3.16. The Morgan fingerprint density at radius 1 is 1.25 bits per heavy atom. The smallest absolute Gasteiger partial charge is 0.301 e. The number of alkyl halides is 3. The van der Waals surface area contributed by atoms with E-state index in [0.717, 1.165) is 36.4 Å². The summed E-state index contributed by atoms with van der Waals surface area (Å²) in [7, 11) is 0. The number of hydrogen-bond acceptors (Lipinski definition) is 2. The Morgan fingerprint density at radius 2 is 1.90 bits per heavy atom. The molecule has 1 aromatic carbocycles. The summed E-state index contributed by atoms with van der Waals surface area (Å²) in [6.07, 6.45) is -1.67. The van der Waals surface area contributed by atoms with Crippen LogP contribution < -0.4 is 0 Å². The topological polar surface area (TPSA) is 33.6 Å². The van der Waals surface area contributed by atoms with E-state index in [1.165, 1.54) is 12.1 Å². The highest BCUT2D eigenvalue weighted by Crippen LogP contribution is 2.36. The van der Waals surface area contributed by atoms with Crippen LogP contribution in [0.25, 0.3) is 0 Å². The average Bonchev–Trinajstić information content (AvgIpc) is 3.15. The average molecular weight is 299 g/mol. The number of rotatable bonds is 3. The number of H-pyrrole nitrogens is 1.